The molecule has 0 saturated carbocycles. The number of piperazine rings is 1. The Bertz CT molecular complexity index is 1020. The molecule has 152 valence electrons. The number of hydrogen-bond acceptors (Lipinski definition) is 6. The number of nitro groups is 1. The van der Waals surface area contributed by atoms with Crippen LogP contribution in [0.1, 0.15) is 5.56 Å². The standard InChI is InChI=1S/C23H23N5O2/c29-28(30)22-11-12-23(19(17-22)18-24-25-20-7-3-1-4-8-20)27-15-13-26(14-16-27)21-9-5-2-6-10-21/h1-12,17-18,25H,13-16H2. The highest BCUT2D eigenvalue weighted by atomic mass is 16.6. The SMILES string of the molecule is O=[N+]([O-])c1ccc(N2CCN(c3ccccc3)CC2)c(C=NNc2ccccc2)c1. The second kappa shape index (κ2) is 9.09. The van der Waals surface area contributed by atoms with Gasteiger partial charge in [-0.05, 0) is 30.3 Å². The van der Waals surface area contributed by atoms with Gasteiger partial charge in [0.05, 0.1) is 16.8 Å². The molecule has 1 aliphatic rings. The molecule has 3 aromatic carbocycles. The maximum atomic E-state index is 11.3. The Balaban J connectivity index is 1.51. The smallest absolute Gasteiger partial charge is 0.270 e. The van der Waals surface area contributed by atoms with Crippen LogP contribution < -0.4 is 15.2 Å². The Labute approximate surface area is 175 Å². The molecule has 0 atom stereocenters. The van der Waals surface area contributed by atoms with E-state index >= 15 is 0 Å². The van der Waals surface area contributed by atoms with Crippen molar-refractivity contribution in [2.24, 2.45) is 5.10 Å². The van der Waals surface area contributed by atoms with E-state index in [0.717, 1.165) is 43.1 Å². The first-order valence-electron chi connectivity index (χ1n) is 9.88. The minimum Gasteiger partial charge on any atom is -0.368 e. The molecule has 4 rings (SSSR count). The molecular weight excluding hydrogens is 378 g/mol. The van der Waals surface area contributed by atoms with Gasteiger partial charge in [-0.15, -0.1) is 0 Å². The van der Waals surface area contributed by atoms with E-state index in [1.165, 1.54) is 5.69 Å². The van der Waals surface area contributed by atoms with Gasteiger partial charge in [0, 0.05) is 55.2 Å². The molecule has 1 aliphatic heterocycles. The number of hydrazone groups is 1. The number of para-hydroxylation sites is 2. The van der Waals surface area contributed by atoms with E-state index in [0.29, 0.717) is 0 Å². The van der Waals surface area contributed by atoms with E-state index in [1.807, 2.05) is 54.6 Å². The van der Waals surface area contributed by atoms with E-state index in [2.05, 4.69) is 32.5 Å². The lowest BCUT2D eigenvalue weighted by Gasteiger charge is -2.37. The van der Waals surface area contributed by atoms with Crippen LogP contribution in [0.25, 0.3) is 0 Å². The number of hydrogen-bond donors (Lipinski definition) is 1. The summed E-state index contributed by atoms with van der Waals surface area (Å²) in [5, 5.41) is 15.6. The van der Waals surface area contributed by atoms with Crippen molar-refractivity contribution < 1.29 is 4.92 Å². The van der Waals surface area contributed by atoms with Crippen LogP contribution in [0.3, 0.4) is 0 Å². The lowest BCUT2D eigenvalue weighted by molar-refractivity contribution is -0.384. The van der Waals surface area contributed by atoms with Crippen LogP contribution in [-0.4, -0.2) is 37.3 Å². The molecule has 7 nitrogen and oxygen atoms in total. The minimum atomic E-state index is -0.376. The van der Waals surface area contributed by atoms with E-state index < -0.39 is 0 Å². The maximum Gasteiger partial charge on any atom is 0.270 e. The highest BCUT2D eigenvalue weighted by Gasteiger charge is 2.20. The molecule has 0 spiro atoms. The van der Waals surface area contributed by atoms with Gasteiger partial charge in [-0.2, -0.15) is 5.10 Å². The van der Waals surface area contributed by atoms with Gasteiger partial charge in [0.25, 0.3) is 5.69 Å². The first-order valence-corrected chi connectivity index (χ1v) is 9.88. The Hall–Kier alpha value is -3.87. The van der Waals surface area contributed by atoms with Crippen molar-refractivity contribution in [3.63, 3.8) is 0 Å². The molecular formula is C23H23N5O2. The highest BCUT2D eigenvalue weighted by molar-refractivity contribution is 5.89. The topological polar surface area (TPSA) is 74.0 Å². The molecule has 1 fully saturated rings. The quantitative estimate of drug-likeness (QED) is 0.377. The molecule has 0 aromatic heterocycles. The maximum absolute atomic E-state index is 11.3. The van der Waals surface area contributed by atoms with Gasteiger partial charge in [0.2, 0.25) is 0 Å². The Kier molecular flexibility index (Phi) is 5.89. The van der Waals surface area contributed by atoms with Gasteiger partial charge >= 0.3 is 0 Å². The first kappa shape index (κ1) is 19.4. The molecule has 30 heavy (non-hydrogen) atoms. The second-order valence-corrected chi connectivity index (χ2v) is 7.05. The molecule has 7 heteroatoms. The third-order valence-corrected chi connectivity index (χ3v) is 5.13. The van der Waals surface area contributed by atoms with Gasteiger partial charge in [-0.3, -0.25) is 15.5 Å². The van der Waals surface area contributed by atoms with Crippen molar-refractivity contribution in [1.82, 2.24) is 0 Å². The summed E-state index contributed by atoms with van der Waals surface area (Å²) in [7, 11) is 0. The van der Waals surface area contributed by atoms with Gasteiger partial charge in [0.15, 0.2) is 0 Å². The molecule has 0 amide bonds. The lowest BCUT2D eigenvalue weighted by Crippen LogP contribution is -2.46. The van der Waals surface area contributed by atoms with Crippen molar-refractivity contribution >= 4 is 29.0 Å². The van der Waals surface area contributed by atoms with Crippen LogP contribution in [0.5, 0.6) is 0 Å². The van der Waals surface area contributed by atoms with Crippen LogP contribution >= 0.6 is 0 Å². The summed E-state index contributed by atoms with van der Waals surface area (Å²) < 4.78 is 0. The Morgan fingerprint density at radius 3 is 2.17 bits per heavy atom. The van der Waals surface area contributed by atoms with E-state index in [4.69, 9.17) is 0 Å². The zero-order valence-corrected chi connectivity index (χ0v) is 16.5. The zero-order chi connectivity index (χ0) is 20.8. The fourth-order valence-corrected chi connectivity index (χ4v) is 3.58. The van der Waals surface area contributed by atoms with Crippen molar-refractivity contribution in [1.29, 1.82) is 0 Å². The van der Waals surface area contributed by atoms with Crippen LogP contribution in [0.4, 0.5) is 22.7 Å². The molecule has 0 unspecified atom stereocenters. The predicted molar refractivity (Wildman–Crippen MR) is 122 cm³/mol. The normalized spacial score (nSPS) is 14.1. The van der Waals surface area contributed by atoms with E-state index in [1.54, 1.807) is 18.3 Å². The van der Waals surface area contributed by atoms with Crippen LogP contribution in [0.15, 0.2) is 84.0 Å². The number of nitro benzene ring substituents is 1. The number of benzene rings is 3. The summed E-state index contributed by atoms with van der Waals surface area (Å²) in [6.07, 6.45) is 1.65. The van der Waals surface area contributed by atoms with Crippen molar-refractivity contribution in [2.75, 3.05) is 41.4 Å². The van der Waals surface area contributed by atoms with Crippen molar-refractivity contribution in [3.8, 4) is 0 Å². The molecule has 0 bridgehead atoms. The number of nitrogens with one attached hydrogen (secondary N) is 1. The van der Waals surface area contributed by atoms with Crippen molar-refractivity contribution in [3.05, 3.63) is 94.5 Å². The van der Waals surface area contributed by atoms with Crippen molar-refractivity contribution in [2.45, 2.75) is 0 Å². The van der Waals surface area contributed by atoms with Crippen LogP contribution in [0.2, 0.25) is 0 Å². The summed E-state index contributed by atoms with van der Waals surface area (Å²) in [5.74, 6) is 0. The molecule has 1 heterocycles. The average molecular weight is 401 g/mol. The van der Waals surface area contributed by atoms with Gasteiger partial charge < -0.3 is 9.80 Å². The summed E-state index contributed by atoms with van der Waals surface area (Å²) in [6, 6.07) is 24.9. The highest BCUT2D eigenvalue weighted by Crippen LogP contribution is 2.26. The monoisotopic (exact) mass is 401 g/mol. The summed E-state index contributed by atoms with van der Waals surface area (Å²) in [6.45, 7) is 3.44. The largest absolute Gasteiger partial charge is 0.368 e. The molecule has 3 aromatic rings. The molecule has 0 radical (unpaired) electrons. The number of nitrogens with zero attached hydrogens (tertiary/aromatic N) is 4. The van der Waals surface area contributed by atoms with Gasteiger partial charge in [-0.1, -0.05) is 36.4 Å². The summed E-state index contributed by atoms with van der Waals surface area (Å²) in [4.78, 5) is 15.5. The molecule has 1 saturated heterocycles. The summed E-state index contributed by atoms with van der Waals surface area (Å²) in [5.41, 5.74) is 6.78. The first-order chi connectivity index (χ1) is 14.7. The van der Waals surface area contributed by atoms with Crippen LogP contribution in [0, 0.1) is 10.1 Å². The fourth-order valence-electron chi connectivity index (χ4n) is 3.58. The number of anilines is 3. The third-order valence-electron chi connectivity index (χ3n) is 5.13. The molecule has 1 N–H and O–H groups in total. The fraction of sp³-hybridized carbons (Fsp3) is 0.174. The third kappa shape index (κ3) is 4.57. The second-order valence-electron chi connectivity index (χ2n) is 7.05. The predicted octanol–water partition coefficient (Wildman–Crippen LogP) is 4.37. The van der Waals surface area contributed by atoms with Gasteiger partial charge in [-0.25, -0.2) is 0 Å². The molecule has 0 aliphatic carbocycles. The van der Waals surface area contributed by atoms with Crippen LogP contribution in [-0.2, 0) is 0 Å². The van der Waals surface area contributed by atoms with E-state index in [-0.39, 0.29) is 10.6 Å². The summed E-state index contributed by atoms with van der Waals surface area (Å²) >= 11 is 0. The minimum absolute atomic E-state index is 0.0582. The van der Waals surface area contributed by atoms with Gasteiger partial charge in [0.1, 0.15) is 0 Å². The Morgan fingerprint density at radius 2 is 1.50 bits per heavy atom. The van der Waals surface area contributed by atoms with E-state index in [9.17, 15) is 10.1 Å². The number of rotatable bonds is 6. The number of non-ortho nitro benzene ring substituents is 1. The lowest BCUT2D eigenvalue weighted by atomic mass is 10.1. The zero-order valence-electron chi connectivity index (χ0n) is 16.5. The average Bonchev–Trinajstić information content (AvgIpc) is 2.80. The Morgan fingerprint density at radius 1 is 0.867 bits per heavy atom.